The maximum atomic E-state index is 12.5. The summed E-state index contributed by atoms with van der Waals surface area (Å²) in [4.78, 5) is 2.04. The van der Waals surface area contributed by atoms with E-state index in [9.17, 15) is 8.42 Å². The van der Waals surface area contributed by atoms with E-state index in [-0.39, 0.29) is 0 Å². The fraction of sp³-hybridized carbons (Fsp3) is 0.583. The Kier molecular flexibility index (Phi) is 4.42. The molecule has 1 saturated heterocycles. The van der Waals surface area contributed by atoms with Gasteiger partial charge in [-0.25, -0.2) is 8.42 Å². The first-order valence-electron chi connectivity index (χ1n) is 6.78. The molecule has 0 radical (unpaired) electrons. The zero-order valence-corrected chi connectivity index (χ0v) is 14.5. The van der Waals surface area contributed by atoms with Crippen molar-refractivity contribution in [3.05, 3.63) is 16.5 Å². The topological polar surface area (TPSA) is 52.7 Å². The number of thiophene rings is 1. The van der Waals surface area contributed by atoms with Gasteiger partial charge in [-0.3, -0.25) is 0 Å². The molecule has 3 rings (SSSR count). The minimum absolute atomic E-state index is 0.305. The van der Waals surface area contributed by atoms with Crippen LogP contribution in [0.3, 0.4) is 0 Å². The van der Waals surface area contributed by atoms with Crippen LogP contribution in [-0.4, -0.2) is 55.0 Å². The van der Waals surface area contributed by atoms with E-state index < -0.39 is 10.0 Å². The second-order valence-corrected chi connectivity index (χ2v) is 9.44. The van der Waals surface area contributed by atoms with Crippen molar-refractivity contribution in [2.75, 3.05) is 26.2 Å². The third-order valence-electron chi connectivity index (χ3n) is 3.57. The molecule has 2 fully saturated rings. The maximum absolute atomic E-state index is 12.5. The van der Waals surface area contributed by atoms with Gasteiger partial charge in [0.05, 0.1) is 4.34 Å². The summed E-state index contributed by atoms with van der Waals surface area (Å²) in [5.41, 5.74) is 0. The van der Waals surface area contributed by atoms with E-state index in [1.807, 2.05) is 4.90 Å². The first-order valence-corrected chi connectivity index (χ1v) is 9.82. The first-order chi connectivity index (χ1) is 9.96. The minimum Gasteiger partial charge on any atom is -0.360 e. The van der Waals surface area contributed by atoms with Crippen LogP contribution in [0.5, 0.6) is 0 Å². The lowest BCUT2D eigenvalue weighted by Gasteiger charge is -2.35. The molecule has 2 aliphatic rings. The van der Waals surface area contributed by atoms with Crippen molar-refractivity contribution < 1.29 is 8.42 Å². The Labute approximate surface area is 138 Å². The molecule has 9 heteroatoms. The Bertz CT molecular complexity index is 634. The predicted octanol–water partition coefficient (Wildman–Crippen LogP) is 1.74. The maximum Gasteiger partial charge on any atom is 0.252 e. The Morgan fingerprint density at radius 3 is 2.48 bits per heavy atom. The number of halogens is 1. The smallest absolute Gasteiger partial charge is 0.252 e. The highest BCUT2D eigenvalue weighted by Crippen LogP contribution is 2.28. The highest BCUT2D eigenvalue weighted by molar-refractivity contribution is 7.91. The van der Waals surface area contributed by atoms with Gasteiger partial charge in [0.15, 0.2) is 5.11 Å². The van der Waals surface area contributed by atoms with E-state index in [4.69, 9.17) is 23.8 Å². The highest BCUT2D eigenvalue weighted by Gasteiger charge is 2.31. The van der Waals surface area contributed by atoms with Crippen LogP contribution in [0.2, 0.25) is 4.34 Å². The van der Waals surface area contributed by atoms with Gasteiger partial charge < -0.3 is 10.2 Å². The van der Waals surface area contributed by atoms with Gasteiger partial charge in [0.2, 0.25) is 0 Å². The third-order valence-corrected chi connectivity index (χ3v) is 7.55. The molecule has 2 heterocycles. The van der Waals surface area contributed by atoms with E-state index in [0.29, 0.717) is 40.8 Å². The molecule has 21 heavy (non-hydrogen) atoms. The monoisotopic (exact) mass is 365 g/mol. The third kappa shape index (κ3) is 3.50. The molecule has 1 aliphatic carbocycles. The predicted molar refractivity (Wildman–Crippen MR) is 88.4 cm³/mol. The van der Waals surface area contributed by atoms with Gasteiger partial charge in [-0.2, -0.15) is 4.31 Å². The standard InChI is InChI=1S/C12H16ClN3O2S3/c13-10-3-4-11(20-10)21(17,18)16-7-5-15(6-8-16)12(19)14-9-1-2-9/h3-4,9H,1-2,5-8H2,(H,14,19). The lowest BCUT2D eigenvalue weighted by Crippen LogP contribution is -2.53. The average Bonchev–Trinajstić information content (AvgIpc) is 3.16. The number of sulfonamides is 1. The Morgan fingerprint density at radius 1 is 1.29 bits per heavy atom. The molecule has 1 N–H and O–H groups in total. The van der Waals surface area contributed by atoms with Crippen molar-refractivity contribution in [3.63, 3.8) is 0 Å². The van der Waals surface area contributed by atoms with Crippen LogP contribution in [0.1, 0.15) is 12.8 Å². The largest absolute Gasteiger partial charge is 0.360 e. The Balaban J connectivity index is 1.61. The van der Waals surface area contributed by atoms with Crippen molar-refractivity contribution >= 4 is 50.3 Å². The Hall–Kier alpha value is -0.410. The van der Waals surface area contributed by atoms with Crippen LogP contribution >= 0.6 is 35.2 Å². The fourth-order valence-electron chi connectivity index (χ4n) is 2.19. The molecule has 1 aliphatic heterocycles. The van der Waals surface area contributed by atoms with E-state index in [0.717, 1.165) is 16.4 Å². The number of hydrogen-bond donors (Lipinski definition) is 1. The molecule has 0 amide bonds. The van der Waals surface area contributed by atoms with Crippen LogP contribution in [0.25, 0.3) is 0 Å². The second kappa shape index (κ2) is 6.00. The summed E-state index contributed by atoms with van der Waals surface area (Å²) in [6.07, 6.45) is 2.35. The molecular formula is C12H16ClN3O2S3. The zero-order chi connectivity index (χ0) is 15.0. The lowest BCUT2D eigenvalue weighted by atomic mass is 10.4. The van der Waals surface area contributed by atoms with Gasteiger partial charge in [-0.1, -0.05) is 11.6 Å². The highest BCUT2D eigenvalue weighted by atomic mass is 35.5. The fourth-order valence-corrected chi connectivity index (χ4v) is 5.60. The van der Waals surface area contributed by atoms with Crippen molar-refractivity contribution in [3.8, 4) is 0 Å². The van der Waals surface area contributed by atoms with Gasteiger partial charge in [-0.05, 0) is 37.2 Å². The van der Waals surface area contributed by atoms with E-state index >= 15 is 0 Å². The average molecular weight is 366 g/mol. The van der Waals surface area contributed by atoms with Crippen LogP contribution in [0.4, 0.5) is 0 Å². The SMILES string of the molecule is O=S(=O)(c1ccc(Cl)s1)N1CCN(C(=S)NC2CC2)CC1. The molecule has 1 saturated carbocycles. The van der Waals surface area contributed by atoms with Gasteiger partial charge in [0.1, 0.15) is 4.21 Å². The van der Waals surface area contributed by atoms with Gasteiger partial charge in [0, 0.05) is 32.2 Å². The quantitative estimate of drug-likeness (QED) is 0.827. The number of piperazine rings is 1. The van der Waals surface area contributed by atoms with Crippen molar-refractivity contribution in [2.45, 2.75) is 23.1 Å². The molecular weight excluding hydrogens is 350 g/mol. The van der Waals surface area contributed by atoms with Crippen LogP contribution in [-0.2, 0) is 10.0 Å². The van der Waals surface area contributed by atoms with E-state index in [1.54, 1.807) is 12.1 Å². The molecule has 0 bridgehead atoms. The molecule has 1 aromatic rings. The van der Waals surface area contributed by atoms with Crippen LogP contribution in [0.15, 0.2) is 16.3 Å². The summed E-state index contributed by atoms with van der Waals surface area (Å²) >= 11 is 12.3. The summed E-state index contributed by atoms with van der Waals surface area (Å²) in [6, 6.07) is 3.70. The zero-order valence-electron chi connectivity index (χ0n) is 11.3. The summed E-state index contributed by atoms with van der Waals surface area (Å²) < 4.78 is 27.2. The van der Waals surface area contributed by atoms with Gasteiger partial charge in [0.25, 0.3) is 10.0 Å². The molecule has 1 aromatic heterocycles. The molecule has 0 aromatic carbocycles. The van der Waals surface area contributed by atoms with Crippen molar-refractivity contribution in [1.29, 1.82) is 0 Å². The summed E-state index contributed by atoms with van der Waals surface area (Å²) in [5.74, 6) is 0. The van der Waals surface area contributed by atoms with Gasteiger partial charge >= 0.3 is 0 Å². The minimum atomic E-state index is -3.42. The van der Waals surface area contributed by atoms with Crippen molar-refractivity contribution in [2.24, 2.45) is 0 Å². The second-order valence-electron chi connectivity index (χ2n) is 5.17. The van der Waals surface area contributed by atoms with E-state index in [1.165, 1.54) is 17.1 Å². The summed E-state index contributed by atoms with van der Waals surface area (Å²) in [6.45, 7) is 2.14. The lowest BCUT2D eigenvalue weighted by molar-refractivity contribution is 0.264. The first kappa shape index (κ1) is 15.5. The molecule has 116 valence electrons. The number of hydrogen-bond acceptors (Lipinski definition) is 4. The number of thiocarbonyl (C=S) groups is 1. The number of nitrogens with zero attached hydrogens (tertiary/aromatic N) is 2. The number of rotatable bonds is 3. The number of nitrogens with one attached hydrogen (secondary N) is 1. The summed E-state index contributed by atoms with van der Waals surface area (Å²) in [5, 5.41) is 4.03. The van der Waals surface area contributed by atoms with Gasteiger partial charge in [-0.15, -0.1) is 11.3 Å². The van der Waals surface area contributed by atoms with Crippen LogP contribution in [0, 0.1) is 0 Å². The molecule has 0 unspecified atom stereocenters. The van der Waals surface area contributed by atoms with Crippen molar-refractivity contribution in [1.82, 2.24) is 14.5 Å². The van der Waals surface area contributed by atoms with Crippen LogP contribution < -0.4 is 5.32 Å². The normalized spacial score (nSPS) is 20.5. The van der Waals surface area contributed by atoms with E-state index in [2.05, 4.69) is 5.32 Å². The Morgan fingerprint density at radius 2 is 1.95 bits per heavy atom. The molecule has 0 atom stereocenters. The summed E-state index contributed by atoms with van der Waals surface area (Å²) in [7, 11) is -3.42. The molecule has 5 nitrogen and oxygen atoms in total. The molecule has 0 spiro atoms.